The van der Waals surface area contributed by atoms with Crippen molar-refractivity contribution in [2.45, 2.75) is 13.0 Å². The van der Waals surface area contributed by atoms with Crippen molar-refractivity contribution in [1.29, 1.82) is 0 Å². The van der Waals surface area contributed by atoms with Crippen LogP contribution in [0.25, 0.3) is 10.8 Å². The lowest BCUT2D eigenvalue weighted by atomic mass is 10.1. The van der Waals surface area contributed by atoms with Crippen LogP contribution >= 0.6 is 11.3 Å². The van der Waals surface area contributed by atoms with Gasteiger partial charge in [-0.3, -0.25) is 0 Å². The quantitative estimate of drug-likeness (QED) is 0.767. The first kappa shape index (κ1) is 12.9. The third-order valence-corrected chi connectivity index (χ3v) is 4.08. The molecule has 3 nitrogen and oxygen atoms in total. The van der Waals surface area contributed by atoms with Gasteiger partial charge >= 0.3 is 0 Å². The molecule has 0 saturated carbocycles. The zero-order valence-electron chi connectivity index (χ0n) is 11.5. The van der Waals surface area contributed by atoms with Crippen LogP contribution in [0.15, 0.2) is 47.3 Å². The highest BCUT2D eigenvalue weighted by molar-refractivity contribution is 7.08. The molecule has 1 unspecified atom stereocenters. The van der Waals surface area contributed by atoms with Gasteiger partial charge in [0, 0.05) is 17.0 Å². The van der Waals surface area contributed by atoms with Crippen molar-refractivity contribution >= 4 is 27.9 Å². The first-order valence-electron chi connectivity index (χ1n) is 6.50. The van der Waals surface area contributed by atoms with E-state index in [1.54, 1.807) is 18.4 Å². The number of hydrogen-bond acceptors (Lipinski definition) is 4. The summed E-state index contributed by atoms with van der Waals surface area (Å²) in [7, 11) is 1.69. The monoisotopic (exact) mass is 284 g/mol. The van der Waals surface area contributed by atoms with Crippen LogP contribution in [0.5, 0.6) is 5.75 Å². The van der Waals surface area contributed by atoms with Crippen molar-refractivity contribution in [3.05, 3.63) is 52.9 Å². The number of methoxy groups -OCH3 is 1. The minimum atomic E-state index is 0.227. The molecule has 20 heavy (non-hydrogen) atoms. The van der Waals surface area contributed by atoms with Gasteiger partial charge in [0.05, 0.1) is 13.2 Å². The minimum Gasteiger partial charge on any atom is -0.496 e. The Kier molecular flexibility index (Phi) is 3.56. The summed E-state index contributed by atoms with van der Waals surface area (Å²) in [4.78, 5) is 4.47. The molecular formula is C16H16N2OS. The second-order valence-corrected chi connectivity index (χ2v) is 5.42. The molecule has 0 saturated heterocycles. The topological polar surface area (TPSA) is 34.1 Å². The zero-order valence-corrected chi connectivity index (χ0v) is 12.3. The maximum absolute atomic E-state index is 5.41. The highest BCUT2D eigenvalue weighted by Gasteiger charge is 2.10. The Bertz CT molecular complexity index is 710. The lowest BCUT2D eigenvalue weighted by Crippen LogP contribution is -2.07. The molecule has 102 valence electrons. The molecule has 2 heterocycles. The number of hydrogen-bond donors (Lipinski definition) is 1. The van der Waals surface area contributed by atoms with Crippen LogP contribution in [-0.2, 0) is 0 Å². The van der Waals surface area contributed by atoms with Gasteiger partial charge in [0.1, 0.15) is 11.6 Å². The number of fused-ring (bicyclic) bond motifs is 1. The maximum Gasteiger partial charge on any atom is 0.134 e. The summed E-state index contributed by atoms with van der Waals surface area (Å²) < 4.78 is 5.41. The van der Waals surface area contributed by atoms with Gasteiger partial charge in [-0.25, -0.2) is 4.98 Å². The number of thiophene rings is 1. The van der Waals surface area contributed by atoms with E-state index in [2.05, 4.69) is 40.1 Å². The molecule has 0 aliphatic carbocycles. The third-order valence-electron chi connectivity index (χ3n) is 3.38. The summed E-state index contributed by atoms with van der Waals surface area (Å²) in [6.07, 6.45) is 1.81. The molecule has 1 aromatic carbocycles. The third kappa shape index (κ3) is 2.34. The van der Waals surface area contributed by atoms with Gasteiger partial charge in [-0.05, 0) is 41.4 Å². The molecule has 0 amide bonds. The van der Waals surface area contributed by atoms with E-state index < -0.39 is 0 Å². The molecule has 0 spiro atoms. The number of aromatic nitrogens is 1. The molecule has 3 aromatic rings. The van der Waals surface area contributed by atoms with E-state index in [-0.39, 0.29) is 6.04 Å². The number of pyridine rings is 1. The highest BCUT2D eigenvalue weighted by atomic mass is 32.1. The molecule has 0 aliphatic heterocycles. The average Bonchev–Trinajstić information content (AvgIpc) is 3.01. The van der Waals surface area contributed by atoms with Crippen molar-refractivity contribution in [1.82, 2.24) is 4.98 Å². The summed E-state index contributed by atoms with van der Waals surface area (Å²) in [5.41, 5.74) is 1.27. The van der Waals surface area contributed by atoms with E-state index in [9.17, 15) is 0 Å². The van der Waals surface area contributed by atoms with Crippen molar-refractivity contribution in [2.24, 2.45) is 0 Å². The van der Waals surface area contributed by atoms with Crippen molar-refractivity contribution < 1.29 is 4.74 Å². The number of rotatable bonds is 4. The second-order valence-electron chi connectivity index (χ2n) is 4.64. The first-order valence-corrected chi connectivity index (χ1v) is 7.44. The number of anilines is 1. The molecule has 4 heteroatoms. The zero-order chi connectivity index (χ0) is 13.9. The normalized spacial score (nSPS) is 12.3. The van der Waals surface area contributed by atoms with E-state index in [0.717, 1.165) is 22.3 Å². The fourth-order valence-corrected chi connectivity index (χ4v) is 3.04. The van der Waals surface area contributed by atoms with Crippen LogP contribution in [-0.4, -0.2) is 12.1 Å². The summed E-state index contributed by atoms with van der Waals surface area (Å²) in [5.74, 6) is 1.76. The predicted molar refractivity (Wildman–Crippen MR) is 84.7 cm³/mol. The van der Waals surface area contributed by atoms with Crippen molar-refractivity contribution in [2.75, 3.05) is 12.4 Å². The Morgan fingerprint density at radius 1 is 1.20 bits per heavy atom. The van der Waals surface area contributed by atoms with E-state index in [4.69, 9.17) is 4.74 Å². The van der Waals surface area contributed by atoms with Crippen molar-refractivity contribution in [3.63, 3.8) is 0 Å². The number of nitrogens with zero attached hydrogens (tertiary/aromatic N) is 1. The molecule has 2 aromatic heterocycles. The Balaban J connectivity index is 2.00. The van der Waals surface area contributed by atoms with Crippen LogP contribution in [0.4, 0.5) is 5.82 Å². The van der Waals surface area contributed by atoms with Gasteiger partial charge in [0.2, 0.25) is 0 Å². The van der Waals surface area contributed by atoms with Crippen LogP contribution in [0.3, 0.4) is 0 Å². The van der Waals surface area contributed by atoms with Gasteiger partial charge in [-0.1, -0.05) is 12.1 Å². The van der Waals surface area contributed by atoms with E-state index in [1.165, 1.54) is 5.56 Å². The Hall–Kier alpha value is -2.07. The molecular weight excluding hydrogens is 268 g/mol. The minimum absolute atomic E-state index is 0.227. The lowest BCUT2D eigenvalue weighted by molar-refractivity contribution is 0.420. The lowest BCUT2D eigenvalue weighted by Gasteiger charge is -2.15. The largest absolute Gasteiger partial charge is 0.496 e. The van der Waals surface area contributed by atoms with E-state index >= 15 is 0 Å². The van der Waals surface area contributed by atoms with E-state index in [1.807, 2.05) is 24.4 Å². The number of nitrogens with one attached hydrogen (secondary N) is 1. The predicted octanol–water partition coefficient (Wildman–Crippen LogP) is 4.48. The smallest absolute Gasteiger partial charge is 0.134 e. The van der Waals surface area contributed by atoms with Crippen LogP contribution in [0.1, 0.15) is 18.5 Å². The van der Waals surface area contributed by atoms with Crippen molar-refractivity contribution in [3.8, 4) is 5.75 Å². The second kappa shape index (κ2) is 5.51. The van der Waals surface area contributed by atoms with Crippen LogP contribution in [0, 0.1) is 0 Å². The number of ether oxygens (including phenoxy) is 1. The maximum atomic E-state index is 5.41. The summed E-state index contributed by atoms with van der Waals surface area (Å²) >= 11 is 1.71. The van der Waals surface area contributed by atoms with Gasteiger partial charge in [-0.2, -0.15) is 11.3 Å². The standard InChI is InChI=1S/C16H16N2OS/c1-11(12-7-9-20-10-12)18-16-14-4-3-5-15(19-2)13(14)6-8-17-16/h3-11H,1-2H3,(H,17,18). The van der Waals surface area contributed by atoms with Gasteiger partial charge in [0.15, 0.2) is 0 Å². The summed E-state index contributed by atoms with van der Waals surface area (Å²) in [5, 5.41) is 9.88. The molecule has 1 atom stereocenters. The molecule has 0 radical (unpaired) electrons. The molecule has 1 N–H and O–H groups in total. The Morgan fingerprint density at radius 3 is 2.85 bits per heavy atom. The molecule has 0 bridgehead atoms. The van der Waals surface area contributed by atoms with Crippen LogP contribution in [0.2, 0.25) is 0 Å². The average molecular weight is 284 g/mol. The van der Waals surface area contributed by atoms with E-state index in [0.29, 0.717) is 0 Å². The fourth-order valence-electron chi connectivity index (χ4n) is 2.28. The first-order chi connectivity index (χ1) is 9.79. The van der Waals surface area contributed by atoms with Gasteiger partial charge < -0.3 is 10.1 Å². The Morgan fingerprint density at radius 2 is 2.10 bits per heavy atom. The molecule has 0 fully saturated rings. The van der Waals surface area contributed by atoms with Crippen LogP contribution < -0.4 is 10.1 Å². The highest BCUT2D eigenvalue weighted by Crippen LogP contribution is 2.31. The van der Waals surface area contributed by atoms with Gasteiger partial charge in [-0.15, -0.1) is 0 Å². The SMILES string of the molecule is COc1cccc2c(NC(C)c3ccsc3)nccc12. The summed E-state index contributed by atoms with van der Waals surface area (Å²) in [6.45, 7) is 2.14. The molecule has 0 aliphatic rings. The molecule has 3 rings (SSSR count). The number of benzene rings is 1. The summed E-state index contributed by atoms with van der Waals surface area (Å²) in [6, 6.07) is 10.4. The van der Waals surface area contributed by atoms with Gasteiger partial charge in [0.25, 0.3) is 0 Å². The Labute approximate surface area is 122 Å². The fraction of sp³-hybridized carbons (Fsp3) is 0.188.